The summed E-state index contributed by atoms with van der Waals surface area (Å²) in [5.74, 6) is -0.0447. The number of carbonyl (C=O) groups excluding carboxylic acids is 1. The lowest BCUT2D eigenvalue weighted by atomic mass is 9.87. The smallest absolute Gasteiger partial charge is 0.166 e. The molecule has 2 rings (SSSR count). The zero-order chi connectivity index (χ0) is 14.0. The second-order valence-corrected chi connectivity index (χ2v) is 6.30. The standard InChI is InChI=1S/C16H22FNO/c1-16(2,3)18-10-8-13(9-11-18)15(19)12-4-6-14(17)7-5-12/h4-7,13H,8-11H2,1-3H3. The Morgan fingerprint density at radius 2 is 1.68 bits per heavy atom. The maximum absolute atomic E-state index is 12.9. The van der Waals surface area contributed by atoms with E-state index in [0.29, 0.717) is 5.56 Å². The number of halogens is 1. The van der Waals surface area contributed by atoms with Gasteiger partial charge in [0.1, 0.15) is 5.82 Å². The highest BCUT2D eigenvalue weighted by atomic mass is 19.1. The number of ketones is 1. The minimum Gasteiger partial charge on any atom is -0.298 e. The summed E-state index contributed by atoms with van der Waals surface area (Å²) in [6, 6.07) is 5.90. The lowest BCUT2D eigenvalue weighted by Crippen LogP contribution is -2.47. The zero-order valence-electron chi connectivity index (χ0n) is 11.9. The molecule has 1 fully saturated rings. The molecule has 2 nitrogen and oxygen atoms in total. The van der Waals surface area contributed by atoms with Gasteiger partial charge in [-0.05, 0) is 71.0 Å². The van der Waals surface area contributed by atoms with Crippen LogP contribution >= 0.6 is 0 Å². The summed E-state index contributed by atoms with van der Waals surface area (Å²) in [4.78, 5) is 14.7. The van der Waals surface area contributed by atoms with Crippen molar-refractivity contribution in [2.75, 3.05) is 13.1 Å². The maximum atomic E-state index is 12.9. The van der Waals surface area contributed by atoms with Crippen LogP contribution < -0.4 is 0 Å². The van der Waals surface area contributed by atoms with E-state index in [4.69, 9.17) is 0 Å². The number of hydrogen-bond donors (Lipinski definition) is 0. The lowest BCUT2D eigenvalue weighted by Gasteiger charge is -2.40. The summed E-state index contributed by atoms with van der Waals surface area (Å²) in [5.41, 5.74) is 0.805. The van der Waals surface area contributed by atoms with E-state index in [-0.39, 0.29) is 23.1 Å². The van der Waals surface area contributed by atoms with Crippen molar-refractivity contribution >= 4 is 5.78 Å². The minimum absolute atomic E-state index is 0.0871. The number of nitrogens with zero attached hydrogens (tertiary/aromatic N) is 1. The number of rotatable bonds is 2. The predicted octanol–water partition coefficient (Wildman–Crippen LogP) is 3.52. The molecule has 1 aromatic carbocycles. The van der Waals surface area contributed by atoms with E-state index in [0.717, 1.165) is 25.9 Å². The van der Waals surface area contributed by atoms with Gasteiger partial charge >= 0.3 is 0 Å². The average Bonchev–Trinajstić information content (AvgIpc) is 2.38. The Morgan fingerprint density at radius 1 is 1.16 bits per heavy atom. The van der Waals surface area contributed by atoms with Gasteiger partial charge < -0.3 is 0 Å². The van der Waals surface area contributed by atoms with Crippen molar-refractivity contribution in [2.45, 2.75) is 39.2 Å². The minimum atomic E-state index is -0.292. The summed E-state index contributed by atoms with van der Waals surface area (Å²) in [6.07, 6.45) is 1.79. The third kappa shape index (κ3) is 3.41. The van der Waals surface area contributed by atoms with Crippen LogP contribution in [0.3, 0.4) is 0 Å². The summed E-state index contributed by atoms with van der Waals surface area (Å²) >= 11 is 0. The normalized spacial score (nSPS) is 18.5. The van der Waals surface area contributed by atoms with Crippen molar-refractivity contribution in [3.8, 4) is 0 Å². The van der Waals surface area contributed by atoms with Crippen LogP contribution in [0.25, 0.3) is 0 Å². The molecule has 0 aliphatic carbocycles. The van der Waals surface area contributed by atoms with Crippen LogP contribution in [0.5, 0.6) is 0 Å². The highest BCUT2D eigenvalue weighted by molar-refractivity contribution is 5.97. The Kier molecular flexibility index (Phi) is 4.04. The molecule has 1 aliphatic heterocycles. The quantitative estimate of drug-likeness (QED) is 0.761. The number of benzene rings is 1. The molecule has 0 atom stereocenters. The van der Waals surface area contributed by atoms with Crippen molar-refractivity contribution in [1.82, 2.24) is 4.90 Å². The van der Waals surface area contributed by atoms with Gasteiger partial charge in [-0.25, -0.2) is 4.39 Å². The van der Waals surface area contributed by atoms with E-state index in [1.165, 1.54) is 12.1 Å². The second-order valence-electron chi connectivity index (χ2n) is 6.30. The molecule has 104 valence electrons. The SMILES string of the molecule is CC(C)(C)N1CCC(C(=O)c2ccc(F)cc2)CC1. The van der Waals surface area contributed by atoms with Crippen LogP contribution in [0, 0.1) is 11.7 Å². The maximum Gasteiger partial charge on any atom is 0.166 e. The molecule has 0 bridgehead atoms. The Balaban J connectivity index is 1.98. The topological polar surface area (TPSA) is 20.3 Å². The average molecular weight is 263 g/mol. The molecule has 0 N–H and O–H groups in total. The molecule has 1 aliphatic rings. The Bertz CT molecular complexity index is 439. The largest absolute Gasteiger partial charge is 0.298 e. The van der Waals surface area contributed by atoms with Gasteiger partial charge in [0.15, 0.2) is 5.78 Å². The van der Waals surface area contributed by atoms with Gasteiger partial charge in [0, 0.05) is 17.0 Å². The van der Waals surface area contributed by atoms with Crippen LogP contribution in [-0.2, 0) is 0 Å². The van der Waals surface area contributed by atoms with Crippen LogP contribution in [-0.4, -0.2) is 29.3 Å². The van der Waals surface area contributed by atoms with E-state index < -0.39 is 0 Å². The van der Waals surface area contributed by atoms with Crippen molar-refractivity contribution in [1.29, 1.82) is 0 Å². The highest BCUT2D eigenvalue weighted by Crippen LogP contribution is 2.26. The van der Waals surface area contributed by atoms with Crippen molar-refractivity contribution in [3.05, 3.63) is 35.6 Å². The first-order valence-corrected chi connectivity index (χ1v) is 6.93. The summed E-state index contributed by atoms with van der Waals surface area (Å²) < 4.78 is 12.9. The van der Waals surface area contributed by atoms with Gasteiger partial charge in [0.2, 0.25) is 0 Å². The van der Waals surface area contributed by atoms with Crippen LogP contribution in [0.2, 0.25) is 0 Å². The highest BCUT2D eigenvalue weighted by Gasteiger charge is 2.30. The monoisotopic (exact) mass is 263 g/mol. The molecule has 0 spiro atoms. The molecule has 1 heterocycles. The number of piperidine rings is 1. The van der Waals surface area contributed by atoms with Crippen molar-refractivity contribution in [2.24, 2.45) is 5.92 Å². The Morgan fingerprint density at radius 3 is 2.16 bits per heavy atom. The molecule has 0 saturated carbocycles. The van der Waals surface area contributed by atoms with Crippen LogP contribution in [0.15, 0.2) is 24.3 Å². The first-order chi connectivity index (χ1) is 8.88. The predicted molar refractivity (Wildman–Crippen MR) is 74.8 cm³/mol. The van der Waals surface area contributed by atoms with Gasteiger partial charge in [-0.15, -0.1) is 0 Å². The molecule has 3 heteroatoms. The summed E-state index contributed by atoms with van der Waals surface area (Å²) in [7, 11) is 0. The van der Waals surface area contributed by atoms with E-state index in [1.54, 1.807) is 12.1 Å². The fraction of sp³-hybridized carbons (Fsp3) is 0.562. The molecular weight excluding hydrogens is 241 g/mol. The molecule has 0 amide bonds. The third-order valence-electron chi connectivity index (χ3n) is 3.94. The Hall–Kier alpha value is -1.22. The summed E-state index contributed by atoms with van der Waals surface area (Å²) in [6.45, 7) is 8.53. The van der Waals surface area contributed by atoms with Gasteiger partial charge in [0.05, 0.1) is 0 Å². The Labute approximate surface area is 114 Å². The zero-order valence-corrected chi connectivity index (χ0v) is 11.9. The molecule has 1 saturated heterocycles. The fourth-order valence-electron chi connectivity index (χ4n) is 2.66. The van der Waals surface area contributed by atoms with E-state index in [1.807, 2.05) is 0 Å². The summed E-state index contributed by atoms with van der Waals surface area (Å²) in [5, 5.41) is 0. The van der Waals surface area contributed by atoms with E-state index >= 15 is 0 Å². The van der Waals surface area contributed by atoms with Gasteiger partial charge in [-0.3, -0.25) is 9.69 Å². The van der Waals surface area contributed by atoms with E-state index in [9.17, 15) is 9.18 Å². The number of Topliss-reactive ketones (excluding diaryl/α,β-unsaturated/α-hetero) is 1. The number of hydrogen-bond acceptors (Lipinski definition) is 2. The van der Waals surface area contributed by atoms with Crippen LogP contribution in [0.4, 0.5) is 4.39 Å². The first kappa shape index (κ1) is 14.2. The lowest BCUT2D eigenvalue weighted by molar-refractivity contribution is 0.0675. The molecular formula is C16H22FNO. The van der Waals surface area contributed by atoms with Gasteiger partial charge in [-0.1, -0.05) is 0 Å². The molecule has 0 aromatic heterocycles. The van der Waals surface area contributed by atoms with Crippen molar-refractivity contribution < 1.29 is 9.18 Å². The number of carbonyl (C=O) groups is 1. The van der Waals surface area contributed by atoms with Gasteiger partial charge in [-0.2, -0.15) is 0 Å². The first-order valence-electron chi connectivity index (χ1n) is 6.93. The molecule has 0 unspecified atom stereocenters. The van der Waals surface area contributed by atoms with Gasteiger partial charge in [0.25, 0.3) is 0 Å². The second kappa shape index (κ2) is 5.41. The van der Waals surface area contributed by atoms with E-state index in [2.05, 4.69) is 25.7 Å². The molecule has 1 aromatic rings. The fourth-order valence-corrected chi connectivity index (χ4v) is 2.66. The van der Waals surface area contributed by atoms with Crippen molar-refractivity contribution in [3.63, 3.8) is 0 Å². The number of likely N-dealkylation sites (tertiary alicyclic amines) is 1. The molecule has 0 radical (unpaired) electrons. The third-order valence-corrected chi connectivity index (χ3v) is 3.94. The van der Waals surface area contributed by atoms with Crippen LogP contribution in [0.1, 0.15) is 44.0 Å². The molecule has 19 heavy (non-hydrogen) atoms.